The number of carbonyl (C=O) groups is 2. The van der Waals surface area contributed by atoms with Gasteiger partial charge in [-0.05, 0) is 64.7 Å². The summed E-state index contributed by atoms with van der Waals surface area (Å²) >= 11 is 0. The second-order valence-electron chi connectivity index (χ2n) is 9.80. The van der Waals surface area contributed by atoms with Gasteiger partial charge < -0.3 is 15.0 Å². The number of aromatic nitrogens is 2. The van der Waals surface area contributed by atoms with Crippen molar-refractivity contribution in [2.45, 2.75) is 70.9 Å². The highest BCUT2D eigenvalue weighted by atomic mass is 16.6. The minimum absolute atomic E-state index is 0.0637. The Morgan fingerprint density at radius 2 is 1.78 bits per heavy atom. The lowest BCUT2D eigenvalue weighted by Gasteiger charge is -2.33. The Morgan fingerprint density at radius 1 is 1.06 bits per heavy atom. The fourth-order valence-corrected chi connectivity index (χ4v) is 4.40. The Morgan fingerprint density at radius 3 is 2.47 bits per heavy atom. The molecule has 2 aromatic rings. The third-order valence-corrected chi connectivity index (χ3v) is 6.06. The topological polar surface area (TPSA) is 96.5 Å². The van der Waals surface area contributed by atoms with E-state index in [0.29, 0.717) is 5.82 Å². The van der Waals surface area contributed by atoms with E-state index >= 15 is 0 Å². The number of nitrogens with zero attached hydrogens (tertiary/aromatic N) is 3. The monoisotopic (exact) mass is 439 g/mol. The van der Waals surface area contributed by atoms with Gasteiger partial charge in [-0.25, -0.2) is 9.78 Å². The molecule has 1 aliphatic heterocycles. The third-order valence-electron chi connectivity index (χ3n) is 6.06. The van der Waals surface area contributed by atoms with E-state index in [2.05, 4.69) is 25.5 Å². The zero-order chi connectivity index (χ0) is 22.7. The van der Waals surface area contributed by atoms with Gasteiger partial charge in [-0.3, -0.25) is 15.1 Å². The Bertz CT molecular complexity index is 973. The van der Waals surface area contributed by atoms with Crippen molar-refractivity contribution in [3.8, 4) is 0 Å². The molecule has 4 rings (SSSR count). The average molecular weight is 440 g/mol. The summed E-state index contributed by atoms with van der Waals surface area (Å²) in [5, 5.41) is 5.86. The zero-order valence-corrected chi connectivity index (χ0v) is 19.2. The quantitative estimate of drug-likeness (QED) is 0.692. The average Bonchev–Trinajstić information content (AvgIpc) is 3.25. The number of fused-ring (bicyclic) bond motifs is 1. The molecule has 0 aromatic carbocycles. The molecule has 2 amide bonds. The first kappa shape index (κ1) is 22.3. The van der Waals surface area contributed by atoms with Gasteiger partial charge in [0.1, 0.15) is 11.4 Å². The molecule has 1 saturated carbocycles. The standard InChI is InChI=1S/C24H33N5O3/c1-24(2,3)32-22(30)16-10-12-29(13-11-16)18-14-20-19(25-15-18)8-9-21(27-20)28-23(31)26-17-6-4-5-7-17/h8-9,14-17H,4-7,10-13H2,1-3H3,(H2,26,27,28,31). The summed E-state index contributed by atoms with van der Waals surface area (Å²) in [5.74, 6) is 0.337. The molecule has 0 bridgehead atoms. The van der Waals surface area contributed by atoms with Gasteiger partial charge in [-0.2, -0.15) is 0 Å². The summed E-state index contributed by atoms with van der Waals surface area (Å²) in [4.78, 5) is 36.0. The highest BCUT2D eigenvalue weighted by Gasteiger charge is 2.29. The maximum Gasteiger partial charge on any atom is 0.320 e. The van der Waals surface area contributed by atoms with Gasteiger partial charge in [0.2, 0.25) is 0 Å². The Labute approximate surface area is 189 Å². The molecule has 32 heavy (non-hydrogen) atoms. The molecule has 1 aliphatic carbocycles. The summed E-state index contributed by atoms with van der Waals surface area (Å²) < 4.78 is 5.54. The molecule has 2 fully saturated rings. The molecule has 0 atom stereocenters. The number of anilines is 2. The number of hydrogen-bond donors (Lipinski definition) is 2. The summed E-state index contributed by atoms with van der Waals surface area (Å²) in [6, 6.07) is 5.68. The van der Waals surface area contributed by atoms with Crippen LogP contribution in [-0.2, 0) is 9.53 Å². The summed E-state index contributed by atoms with van der Waals surface area (Å²) in [7, 11) is 0. The number of piperidine rings is 1. The van der Waals surface area contributed by atoms with Gasteiger partial charge in [0.25, 0.3) is 0 Å². The van der Waals surface area contributed by atoms with Crippen molar-refractivity contribution in [1.29, 1.82) is 0 Å². The Kier molecular flexibility index (Phi) is 6.48. The van der Waals surface area contributed by atoms with E-state index in [-0.39, 0.29) is 24.0 Å². The number of urea groups is 1. The molecule has 8 heteroatoms. The number of carbonyl (C=O) groups excluding carboxylic acids is 2. The third kappa shape index (κ3) is 5.66. The molecule has 0 spiro atoms. The predicted molar refractivity (Wildman–Crippen MR) is 125 cm³/mol. The van der Waals surface area contributed by atoms with E-state index in [1.165, 1.54) is 12.8 Å². The van der Waals surface area contributed by atoms with Crippen LogP contribution in [0.25, 0.3) is 11.0 Å². The Hall–Kier alpha value is -2.90. The van der Waals surface area contributed by atoms with Crippen molar-refractivity contribution in [2.24, 2.45) is 5.92 Å². The highest BCUT2D eigenvalue weighted by molar-refractivity contribution is 5.90. The number of hydrogen-bond acceptors (Lipinski definition) is 6. The Balaban J connectivity index is 1.38. The van der Waals surface area contributed by atoms with Gasteiger partial charge in [0.15, 0.2) is 0 Å². The van der Waals surface area contributed by atoms with Gasteiger partial charge in [-0.15, -0.1) is 0 Å². The van der Waals surface area contributed by atoms with Crippen molar-refractivity contribution in [3.05, 3.63) is 24.4 Å². The molecular weight excluding hydrogens is 406 g/mol. The number of esters is 1. The second kappa shape index (κ2) is 9.30. The predicted octanol–water partition coefficient (Wildman–Crippen LogP) is 4.25. The van der Waals surface area contributed by atoms with E-state index < -0.39 is 5.60 Å². The fourth-order valence-electron chi connectivity index (χ4n) is 4.40. The number of pyridine rings is 2. The van der Waals surface area contributed by atoms with Crippen LogP contribution in [0.2, 0.25) is 0 Å². The van der Waals surface area contributed by atoms with Gasteiger partial charge >= 0.3 is 12.0 Å². The van der Waals surface area contributed by atoms with Crippen molar-refractivity contribution in [2.75, 3.05) is 23.3 Å². The van der Waals surface area contributed by atoms with Crippen LogP contribution in [0.5, 0.6) is 0 Å². The van der Waals surface area contributed by atoms with Crippen molar-refractivity contribution >= 4 is 34.5 Å². The van der Waals surface area contributed by atoms with Crippen molar-refractivity contribution in [1.82, 2.24) is 15.3 Å². The fraction of sp³-hybridized carbons (Fsp3) is 0.583. The largest absolute Gasteiger partial charge is 0.460 e. The molecule has 8 nitrogen and oxygen atoms in total. The van der Waals surface area contributed by atoms with Crippen LogP contribution >= 0.6 is 0 Å². The van der Waals surface area contributed by atoms with Crippen LogP contribution in [0.1, 0.15) is 59.3 Å². The maximum absolute atomic E-state index is 12.4. The normalized spacial score (nSPS) is 18.0. The molecule has 0 radical (unpaired) electrons. The van der Waals surface area contributed by atoms with Gasteiger partial charge in [0, 0.05) is 19.1 Å². The lowest BCUT2D eigenvalue weighted by Crippen LogP contribution is -2.38. The van der Waals surface area contributed by atoms with Crippen LogP contribution in [0, 0.1) is 5.92 Å². The molecule has 172 valence electrons. The lowest BCUT2D eigenvalue weighted by atomic mass is 9.96. The van der Waals surface area contributed by atoms with Crippen molar-refractivity contribution in [3.63, 3.8) is 0 Å². The first-order valence-corrected chi connectivity index (χ1v) is 11.6. The second-order valence-corrected chi connectivity index (χ2v) is 9.80. The molecule has 2 aromatic heterocycles. The van der Waals surface area contributed by atoms with Gasteiger partial charge in [-0.1, -0.05) is 12.8 Å². The number of amides is 2. The van der Waals surface area contributed by atoms with Crippen molar-refractivity contribution < 1.29 is 14.3 Å². The van der Waals surface area contributed by atoms with Crippen LogP contribution in [0.15, 0.2) is 24.4 Å². The molecule has 3 heterocycles. The molecular formula is C24H33N5O3. The SMILES string of the molecule is CC(C)(C)OC(=O)C1CCN(c2cnc3ccc(NC(=O)NC4CCCC4)nc3c2)CC1. The number of nitrogens with one attached hydrogen (secondary N) is 2. The van der Waals surface area contributed by atoms with Crippen LogP contribution in [-0.4, -0.2) is 46.7 Å². The minimum Gasteiger partial charge on any atom is -0.460 e. The van der Waals surface area contributed by atoms with E-state index in [0.717, 1.165) is 55.5 Å². The van der Waals surface area contributed by atoms with E-state index in [1.807, 2.05) is 39.1 Å². The summed E-state index contributed by atoms with van der Waals surface area (Å²) in [5.41, 5.74) is 2.02. The number of rotatable bonds is 4. The molecule has 2 N–H and O–H groups in total. The van der Waals surface area contributed by atoms with E-state index in [1.54, 1.807) is 6.07 Å². The van der Waals surface area contributed by atoms with Crippen LogP contribution in [0.4, 0.5) is 16.3 Å². The van der Waals surface area contributed by atoms with Gasteiger partial charge in [0.05, 0.1) is 28.8 Å². The smallest absolute Gasteiger partial charge is 0.320 e. The van der Waals surface area contributed by atoms with E-state index in [4.69, 9.17) is 4.74 Å². The minimum atomic E-state index is -0.456. The molecule has 1 saturated heterocycles. The first-order chi connectivity index (χ1) is 15.3. The van der Waals surface area contributed by atoms with Crippen LogP contribution in [0.3, 0.4) is 0 Å². The molecule has 2 aliphatic rings. The summed E-state index contributed by atoms with van der Waals surface area (Å²) in [6.45, 7) is 7.22. The maximum atomic E-state index is 12.4. The summed E-state index contributed by atoms with van der Waals surface area (Å²) in [6.07, 6.45) is 7.77. The molecule has 0 unspecified atom stereocenters. The van der Waals surface area contributed by atoms with E-state index in [9.17, 15) is 9.59 Å². The highest BCUT2D eigenvalue weighted by Crippen LogP contribution is 2.27. The number of ether oxygens (including phenoxy) is 1. The first-order valence-electron chi connectivity index (χ1n) is 11.6. The van der Waals surface area contributed by atoms with Crippen LogP contribution < -0.4 is 15.5 Å². The lowest BCUT2D eigenvalue weighted by molar-refractivity contribution is -0.160. The zero-order valence-electron chi connectivity index (χ0n) is 19.2.